The summed E-state index contributed by atoms with van der Waals surface area (Å²) >= 11 is 0. The number of aromatic nitrogens is 2. The first-order valence-electron chi connectivity index (χ1n) is 7.47. The molecule has 0 fully saturated rings. The van der Waals surface area contributed by atoms with Gasteiger partial charge in [0.15, 0.2) is 5.65 Å². The zero-order chi connectivity index (χ0) is 14.5. The Hall–Kier alpha value is -1.84. The Kier molecular flexibility index (Phi) is 4.77. The van der Waals surface area contributed by atoms with Gasteiger partial charge in [0.25, 0.3) is 5.56 Å². The number of rotatable bonds is 6. The maximum Gasteiger partial charge on any atom is 0.274 e. The van der Waals surface area contributed by atoms with Gasteiger partial charge in [0.1, 0.15) is 0 Å². The van der Waals surface area contributed by atoms with Gasteiger partial charge in [-0.05, 0) is 37.5 Å². The van der Waals surface area contributed by atoms with Crippen LogP contribution in [0.15, 0.2) is 29.2 Å². The monoisotopic (exact) mass is 273 g/mol. The van der Waals surface area contributed by atoms with Crippen molar-refractivity contribution in [1.29, 1.82) is 0 Å². The highest BCUT2D eigenvalue weighted by molar-refractivity contribution is 5.75. The molecule has 0 radical (unpaired) electrons. The molecular formula is C16H23N3O. The SMILES string of the molecule is CCCN(CCC)n1c(=O)c(CC)cc2cccnc21. The molecule has 2 heterocycles. The van der Waals surface area contributed by atoms with Gasteiger partial charge in [0.2, 0.25) is 0 Å². The Labute approximate surface area is 120 Å². The zero-order valence-electron chi connectivity index (χ0n) is 12.6. The van der Waals surface area contributed by atoms with Gasteiger partial charge in [0, 0.05) is 30.2 Å². The normalized spacial score (nSPS) is 10.9. The van der Waals surface area contributed by atoms with Crippen LogP contribution in [0.5, 0.6) is 0 Å². The average Bonchev–Trinajstić information content (AvgIpc) is 2.46. The topological polar surface area (TPSA) is 38.1 Å². The van der Waals surface area contributed by atoms with Crippen LogP contribution in [-0.2, 0) is 6.42 Å². The van der Waals surface area contributed by atoms with Gasteiger partial charge < -0.3 is 5.01 Å². The lowest BCUT2D eigenvalue weighted by Crippen LogP contribution is -2.44. The van der Waals surface area contributed by atoms with Crippen LogP contribution >= 0.6 is 0 Å². The summed E-state index contributed by atoms with van der Waals surface area (Å²) in [5.74, 6) is 0. The quantitative estimate of drug-likeness (QED) is 0.812. The van der Waals surface area contributed by atoms with Gasteiger partial charge >= 0.3 is 0 Å². The van der Waals surface area contributed by atoms with Crippen molar-refractivity contribution in [3.8, 4) is 0 Å². The van der Waals surface area contributed by atoms with Crippen LogP contribution in [0, 0.1) is 0 Å². The summed E-state index contributed by atoms with van der Waals surface area (Å²) < 4.78 is 1.78. The number of aryl methyl sites for hydroxylation is 1. The molecule has 2 aromatic rings. The van der Waals surface area contributed by atoms with Crippen molar-refractivity contribution in [2.45, 2.75) is 40.0 Å². The molecule has 0 amide bonds. The molecule has 20 heavy (non-hydrogen) atoms. The first-order valence-corrected chi connectivity index (χ1v) is 7.47. The standard InChI is InChI=1S/C16H23N3O/c1-4-10-18(11-5-2)19-15-14(8-7-9-17-15)12-13(6-3)16(19)20/h7-9,12H,4-6,10-11H2,1-3H3. The fourth-order valence-electron chi connectivity index (χ4n) is 2.52. The molecule has 0 aromatic carbocycles. The van der Waals surface area contributed by atoms with Crippen molar-refractivity contribution in [1.82, 2.24) is 9.66 Å². The predicted molar refractivity (Wildman–Crippen MR) is 83.9 cm³/mol. The second-order valence-corrected chi connectivity index (χ2v) is 5.01. The number of nitrogens with zero attached hydrogens (tertiary/aromatic N) is 3. The van der Waals surface area contributed by atoms with E-state index in [1.165, 1.54) is 0 Å². The lowest BCUT2D eigenvalue weighted by atomic mass is 10.1. The molecule has 4 nitrogen and oxygen atoms in total. The van der Waals surface area contributed by atoms with Gasteiger partial charge in [-0.2, -0.15) is 0 Å². The highest BCUT2D eigenvalue weighted by atomic mass is 16.1. The van der Waals surface area contributed by atoms with E-state index in [4.69, 9.17) is 0 Å². The Bertz CT molecular complexity index is 627. The Balaban J connectivity index is 2.70. The van der Waals surface area contributed by atoms with Crippen LogP contribution < -0.4 is 10.6 Å². The van der Waals surface area contributed by atoms with Crippen molar-refractivity contribution in [3.05, 3.63) is 40.3 Å². The minimum absolute atomic E-state index is 0.0700. The number of hydrogen-bond donors (Lipinski definition) is 0. The summed E-state index contributed by atoms with van der Waals surface area (Å²) in [4.78, 5) is 17.1. The van der Waals surface area contributed by atoms with E-state index in [1.54, 1.807) is 10.9 Å². The van der Waals surface area contributed by atoms with E-state index in [2.05, 4.69) is 23.8 Å². The van der Waals surface area contributed by atoms with E-state index in [-0.39, 0.29) is 5.56 Å². The Morgan fingerprint density at radius 1 is 1.20 bits per heavy atom. The molecule has 2 rings (SSSR count). The molecule has 2 aromatic heterocycles. The molecule has 108 valence electrons. The maximum absolute atomic E-state index is 12.7. The molecule has 0 spiro atoms. The van der Waals surface area contributed by atoms with Crippen LogP contribution in [0.2, 0.25) is 0 Å². The first kappa shape index (κ1) is 14.6. The molecule has 0 unspecified atom stereocenters. The second kappa shape index (κ2) is 6.55. The lowest BCUT2D eigenvalue weighted by Gasteiger charge is -2.27. The molecule has 0 aliphatic carbocycles. The molecule has 4 heteroatoms. The van der Waals surface area contributed by atoms with Crippen molar-refractivity contribution >= 4 is 11.0 Å². The third-order valence-corrected chi connectivity index (χ3v) is 3.44. The van der Waals surface area contributed by atoms with E-state index in [0.717, 1.165) is 48.9 Å². The van der Waals surface area contributed by atoms with Gasteiger partial charge in [0.05, 0.1) is 0 Å². The van der Waals surface area contributed by atoms with Crippen molar-refractivity contribution in [2.24, 2.45) is 0 Å². The van der Waals surface area contributed by atoms with Gasteiger partial charge in [-0.25, -0.2) is 9.66 Å². The van der Waals surface area contributed by atoms with Crippen LogP contribution in [0.1, 0.15) is 39.2 Å². The Morgan fingerprint density at radius 3 is 2.50 bits per heavy atom. The summed E-state index contributed by atoms with van der Waals surface area (Å²) in [6.45, 7) is 8.02. The third kappa shape index (κ3) is 2.69. The zero-order valence-corrected chi connectivity index (χ0v) is 12.6. The lowest BCUT2D eigenvalue weighted by molar-refractivity contribution is 0.563. The van der Waals surface area contributed by atoms with E-state index < -0.39 is 0 Å². The summed E-state index contributed by atoms with van der Waals surface area (Å²) in [7, 11) is 0. The van der Waals surface area contributed by atoms with E-state index >= 15 is 0 Å². The smallest absolute Gasteiger partial charge is 0.274 e. The van der Waals surface area contributed by atoms with E-state index in [9.17, 15) is 4.79 Å². The van der Waals surface area contributed by atoms with Gasteiger partial charge in [-0.15, -0.1) is 0 Å². The molecule has 0 saturated carbocycles. The molecule has 0 aliphatic heterocycles. The number of fused-ring (bicyclic) bond motifs is 1. The fourth-order valence-corrected chi connectivity index (χ4v) is 2.52. The average molecular weight is 273 g/mol. The van der Waals surface area contributed by atoms with E-state index in [1.807, 2.05) is 25.1 Å². The van der Waals surface area contributed by atoms with Crippen LogP contribution in [0.3, 0.4) is 0 Å². The van der Waals surface area contributed by atoms with Gasteiger partial charge in [-0.3, -0.25) is 4.79 Å². The van der Waals surface area contributed by atoms with Crippen molar-refractivity contribution in [2.75, 3.05) is 18.1 Å². The highest BCUT2D eigenvalue weighted by Crippen LogP contribution is 2.12. The molecular weight excluding hydrogens is 250 g/mol. The van der Waals surface area contributed by atoms with Crippen LogP contribution in [0.25, 0.3) is 11.0 Å². The molecule has 0 bridgehead atoms. The number of pyridine rings is 2. The molecule has 0 atom stereocenters. The summed E-state index contributed by atoms with van der Waals surface area (Å²) in [6, 6.07) is 5.91. The summed E-state index contributed by atoms with van der Waals surface area (Å²) in [5, 5.41) is 3.15. The van der Waals surface area contributed by atoms with Crippen molar-refractivity contribution < 1.29 is 0 Å². The Morgan fingerprint density at radius 2 is 1.90 bits per heavy atom. The first-order chi connectivity index (χ1) is 9.72. The van der Waals surface area contributed by atoms with Crippen LogP contribution in [0.4, 0.5) is 0 Å². The number of hydrogen-bond acceptors (Lipinski definition) is 3. The fraction of sp³-hybridized carbons (Fsp3) is 0.500. The predicted octanol–water partition coefficient (Wildman–Crippen LogP) is 2.72. The minimum atomic E-state index is 0.0700. The summed E-state index contributed by atoms with van der Waals surface area (Å²) in [5.41, 5.74) is 1.68. The van der Waals surface area contributed by atoms with E-state index in [0.29, 0.717) is 0 Å². The molecule has 0 N–H and O–H groups in total. The molecule has 0 aliphatic rings. The van der Waals surface area contributed by atoms with Crippen LogP contribution in [-0.4, -0.2) is 22.7 Å². The van der Waals surface area contributed by atoms with Crippen molar-refractivity contribution in [3.63, 3.8) is 0 Å². The highest BCUT2D eigenvalue weighted by Gasteiger charge is 2.13. The third-order valence-electron chi connectivity index (χ3n) is 3.44. The summed E-state index contributed by atoms with van der Waals surface area (Å²) in [6.07, 6.45) is 4.52. The largest absolute Gasteiger partial charge is 0.308 e. The maximum atomic E-state index is 12.7. The second-order valence-electron chi connectivity index (χ2n) is 5.01. The minimum Gasteiger partial charge on any atom is -0.308 e. The molecule has 0 saturated heterocycles. The van der Waals surface area contributed by atoms with Gasteiger partial charge in [-0.1, -0.05) is 20.8 Å².